The predicted octanol–water partition coefficient (Wildman–Crippen LogP) is 2.70. The Balaban J connectivity index is 1.89. The zero-order chi connectivity index (χ0) is 15.8. The van der Waals surface area contributed by atoms with E-state index in [1.165, 1.54) is 6.07 Å². The molecule has 0 amide bonds. The maximum Gasteiger partial charge on any atom is 0.191 e. The number of halogens is 1. The number of ether oxygens (including phenoxy) is 1. The fourth-order valence-corrected chi connectivity index (χ4v) is 2.01. The molecule has 0 spiro atoms. The summed E-state index contributed by atoms with van der Waals surface area (Å²) in [6.07, 6.45) is 0. The average molecular weight is 301 g/mol. The molecule has 0 aliphatic heterocycles. The van der Waals surface area contributed by atoms with Crippen LogP contribution in [0.15, 0.2) is 53.5 Å². The Morgan fingerprint density at radius 2 is 1.86 bits per heavy atom. The van der Waals surface area contributed by atoms with Crippen LogP contribution in [0.5, 0.6) is 5.75 Å². The van der Waals surface area contributed by atoms with Crippen LogP contribution < -0.4 is 15.4 Å². The van der Waals surface area contributed by atoms with Crippen LogP contribution in [-0.4, -0.2) is 20.1 Å². The fourth-order valence-electron chi connectivity index (χ4n) is 2.01. The van der Waals surface area contributed by atoms with Gasteiger partial charge in [0, 0.05) is 25.7 Å². The van der Waals surface area contributed by atoms with Crippen LogP contribution >= 0.6 is 0 Å². The molecule has 0 bridgehead atoms. The Morgan fingerprint density at radius 1 is 1.09 bits per heavy atom. The third kappa shape index (κ3) is 4.48. The molecule has 0 heterocycles. The van der Waals surface area contributed by atoms with E-state index >= 15 is 0 Å². The summed E-state index contributed by atoms with van der Waals surface area (Å²) >= 11 is 0. The lowest BCUT2D eigenvalue weighted by Gasteiger charge is -2.12. The zero-order valence-corrected chi connectivity index (χ0v) is 12.8. The second kappa shape index (κ2) is 8.02. The van der Waals surface area contributed by atoms with Crippen LogP contribution in [0.2, 0.25) is 0 Å². The summed E-state index contributed by atoms with van der Waals surface area (Å²) in [6.45, 7) is 0.985. The Kier molecular flexibility index (Phi) is 5.77. The van der Waals surface area contributed by atoms with E-state index in [1.807, 2.05) is 30.3 Å². The Hall–Kier alpha value is -2.56. The van der Waals surface area contributed by atoms with Gasteiger partial charge in [-0.2, -0.15) is 0 Å². The van der Waals surface area contributed by atoms with E-state index in [1.54, 1.807) is 26.3 Å². The summed E-state index contributed by atoms with van der Waals surface area (Å²) in [5.74, 6) is 1.21. The molecule has 0 aliphatic rings. The van der Waals surface area contributed by atoms with E-state index in [9.17, 15) is 4.39 Å². The number of rotatable bonds is 5. The third-order valence-corrected chi connectivity index (χ3v) is 3.22. The van der Waals surface area contributed by atoms with Crippen LogP contribution in [0, 0.1) is 5.82 Å². The molecule has 0 radical (unpaired) electrons. The second-order valence-corrected chi connectivity index (χ2v) is 4.72. The number of aliphatic imine (C=N–C) groups is 1. The van der Waals surface area contributed by atoms with Crippen LogP contribution in [0.3, 0.4) is 0 Å². The first-order valence-corrected chi connectivity index (χ1v) is 7.04. The van der Waals surface area contributed by atoms with Gasteiger partial charge in [-0.25, -0.2) is 4.39 Å². The van der Waals surface area contributed by atoms with Crippen molar-refractivity contribution in [2.75, 3.05) is 14.2 Å². The highest BCUT2D eigenvalue weighted by molar-refractivity contribution is 5.79. The summed E-state index contributed by atoms with van der Waals surface area (Å²) in [5, 5.41) is 6.28. The quantitative estimate of drug-likeness (QED) is 0.659. The van der Waals surface area contributed by atoms with E-state index in [0.29, 0.717) is 24.6 Å². The van der Waals surface area contributed by atoms with Crippen molar-refractivity contribution in [2.45, 2.75) is 13.1 Å². The van der Waals surface area contributed by atoms with E-state index in [4.69, 9.17) is 4.74 Å². The first-order chi connectivity index (χ1) is 10.7. The summed E-state index contributed by atoms with van der Waals surface area (Å²) in [7, 11) is 3.32. The van der Waals surface area contributed by atoms with Gasteiger partial charge in [-0.1, -0.05) is 30.3 Å². The van der Waals surface area contributed by atoms with Gasteiger partial charge >= 0.3 is 0 Å². The summed E-state index contributed by atoms with van der Waals surface area (Å²) < 4.78 is 18.8. The normalized spacial score (nSPS) is 11.1. The van der Waals surface area contributed by atoms with E-state index in [0.717, 1.165) is 11.3 Å². The number of guanidine groups is 1. The molecule has 116 valence electrons. The molecule has 2 N–H and O–H groups in total. The van der Waals surface area contributed by atoms with Crippen LogP contribution in [0.4, 0.5) is 4.39 Å². The third-order valence-electron chi connectivity index (χ3n) is 3.22. The van der Waals surface area contributed by atoms with Gasteiger partial charge in [0.25, 0.3) is 0 Å². The molecular formula is C17H20FN3O. The minimum Gasteiger partial charge on any atom is -0.497 e. The predicted molar refractivity (Wildman–Crippen MR) is 86.4 cm³/mol. The molecule has 5 heteroatoms. The van der Waals surface area contributed by atoms with Crippen LogP contribution in [-0.2, 0) is 13.1 Å². The topological polar surface area (TPSA) is 45.7 Å². The van der Waals surface area contributed by atoms with Crippen LogP contribution in [0.1, 0.15) is 11.1 Å². The van der Waals surface area contributed by atoms with E-state index < -0.39 is 0 Å². The first kappa shape index (κ1) is 15.8. The van der Waals surface area contributed by atoms with Gasteiger partial charge in [0.1, 0.15) is 11.6 Å². The maximum atomic E-state index is 13.6. The van der Waals surface area contributed by atoms with Gasteiger partial charge in [-0.3, -0.25) is 4.99 Å². The SMILES string of the molecule is CN=C(NCc1cccc(OC)c1)NCc1ccccc1F. The lowest BCUT2D eigenvalue weighted by molar-refractivity contribution is 0.414. The molecule has 2 rings (SSSR count). The molecule has 2 aromatic rings. The number of hydrogen-bond donors (Lipinski definition) is 2. The van der Waals surface area contributed by atoms with Gasteiger partial charge in [0.2, 0.25) is 0 Å². The standard InChI is InChI=1S/C17H20FN3O/c1-19-17(21-12-14-7-3-4-9-16(14)18)20-11-13-6-5-8-15(10-13)22-2/h3-10H,11-12H2,1-2H3,(H2,19,20,21). The van der Waals surface area contributed by atoms with Gasteiger partial charge < -0.3 is 15.4 Å². The summed E-state index contributed by atoms with van der Waals surface area (Å²) in [6, 6.07) is 14.5. The number of hydrogen-bond acceptors (Lipinski definition) is 2. The molecule has 0 fully saturated rings. The van der Waals surface area contributed by atoms with Crippen molar-refractivity contribution in [3.63, 3.8) is 0 Å². The number of methoxy groups -OCH3 is 1. The van der Waals surface area contributed by atoms with Gasteiger partial charge in [0.05, 0.1) is 7.11 Å². The van der Waals surface area contributed by atoms with Crippen molar-refractivity contribution < 1.29 is 9.13 Å². The Labute approximate surface area is 130 Å². The molecule has 22 heavy (non-hydrogen) atoms. The molecule has 4 nitrogen and oxygen atoms in total. The monoisotopic (exact) mass is 301 g/mol. The van der Waals surface area contributed by atoms with Gasteiger partial charge in [-0.05, 0) is 23.8 Å². The molecule has 0 aliphatic carbocycles. The van der Waals surface area contributed by atoms with E-state index in [2.05, 4.69) is 15.6 Å². The van der Waals surface area contributed by atoms with Crippen molar-refractivity contribution >= 4 is 5.96 Å². The summed E-state index contributed by atoms with van der Waals surface area (Å²) in [4.78, 5) is 4.13. The zero-order valence-electron chi connectivity index (χ0n) is 12.8. The molecule has 0 saturated heterocycles. The second-order valence-electron chi connectivity index (χ2n) is 4.72. The number of nitrogens with one attached hydrogen (secondary N) is 2. The smallest absolute Gasteiger partial charge is 0.191 e. The fraction of sp³-hybridized carbons (Fsp3) is 0.235. The summed E-state index contributed by atoms with van der Waals surface area (Å²) in [5.41, 5.74) is 1.68. The molecule has 2 aromatic carbocycles. The highest BCUT2D eigenvalue weighted by atomic mass is 19.1. The molecule has 0 aromatic heterocycles. The molecular weight excluding hydrogens is 281 g/mol. The van der Waals surface area contributed by atoms with Crippen molar-refractivity contribution in [1.29, 1.82) is 0 Å². The minimum absolute atomic E-state index is 0.224. The lowest BCUT2D eigenvalue weighted by Crippen LogP contribution is -2.36. The largest absolute Gasteiger partial charge is 0.497 e. The van der Waals surface area contributed by atoms with Crippen molar-refractivity contribution in [3.8, 4) is 5.75 Å². The van der Waals surface area contributed by atoms with Gasteiger partial charge in [0.15, 0.2) is 5.96 Å². The van der Waals surface area contributed by atoms with Crippen molar-refractivity contribution in [3.05, 3.63) is 65.5 Å². The minimum atomic E-state index is -0.224. The highest BCUT2D eigenvalue weighted by Gasteiger charge is 2.03. The number of benzene rings is 2. The first-order valence-electron chi connectivity index (χ1n) is 7.04. The average Bonchev–Trinajstić information content (AvgIpc) is 2.56. The lowest BCUT2D eigenvalue weighted by atomic mass is 10.2. The molecule has 0 atom stereocenters. The van der Waals surface area contributed by atoms with Crippen molar-refractivity contribution in [1.82, 2.24) is 10.6 Å². The molecule has 0 unspecified atom stereocenters. The van der Waals surface area contributed by atoms with Crippen molar-refractivity contribution in [2.24, 2.45) is 4.99 Å². The highest BCUT2D eigenvalue weighted by Crippen LogP contribution is 2.12. The van der Waals surface area contributed by atoms with Gasteiger partial charge in [-0.15, -0.1) is 0 Å². The Morgan fingerprint density at radius 3 is 2.59 bits per heavy atom. The molecule has 0 saturated carbocycles. The van der Waals surface area contributed by atoms with E-state index in [-0.39, 0.29) is 5.82 Å². The van der Waals surface area contributed by atoms with Crippen LogP contribution in [0.25, 0.3) is 0 Å². The number of nitrogens with zero attached hydrogens (tertiary/aromatic N) is 1. The Bertz CT molecular complexity index is 643. The maximum absolute atomic E-state index is 13.6.